The molecule has 2 aromatic rings. The van der Waals surface area contributed by atoms with Crippen molar-refractivity contribution in [2.45, 2.75) is 25.7 Å². The number of rotatable bonds is 3. The molecule has 4 rings (SSSR count). The normalized spacial score (nSPS) is 19.1. The van der Waals surface area contributed by atoms with Gasteiger partial charge in [0.15, 0.2) is 0 Å². The van der Waals surface area contributed by atoms with Gasteiger partial charge in [0.1, 0.15) is 10.8 Å². The van der Waals surface area contributed by atoms with Crippen LogP contribution in [0.5, 0.6) is 0 Å². The molecule has 2 fully saturated rings. The van der Waals surface area contributed by atoms with Crippen LogP contribution in [0, 0.1) is 6.92 Å². The summed E-state index contributed by atoms with van der Waals surface area (Å²) < 4.78 is 0. The number of hydrogen-bond acceptors (Lipinski definition) is 6. The van der Waals surface area contributed by atoms with E-state index in [-0.39, 0.29) is 0 Å². The van der Waals surface area contributed by atoms with Crippen molar-refractivity contribution in [3.63, 3.8) is 0 Å². The molecule has 0 aromatic carbocycles. The molecule has 3 heterocycles. The topological polar surface area (TPSA) is 45.2 Å². The number of hydrogen-bond donors (Lipinski definition) is 0. The fourth-order valence-electron chi connectivity index (χ4n) is 2.67. The lowest BCUT2D eigenvalue weighted by Crippen LogP contribution is -2.46. The summed E-state index contributed by atoms with van der Waals surface area (Å²) in [6.45, 7) is 6.09. The van der Waals surface area contributed by atoms with Crippen LogP contribution in [0.1, 0.15) is 29.3 Å². The van der Waals surface area contributed by atoms with Gasteiger partial charge in [0, 0.05) is 38.3 Å². The van der Waals surface area contributed by atoms with Crippen LogP contribution in [0.4, 0.5) is 10.9 Å². The second-order valence-electron chi connectivity index (χ2n) is 5.86. The van der Waals surface area contributed by atoms with Crippen LogP contribution in [-0.2, 0) is 0 Å². The van der Waals surface area contributed by atoms with Crippen LogP contribution < -0.4 is 9.80 Å². The van der Waals surface area contributed by atoms with Crippen molar-refractivity contribution in [1.29, 1.82) is 0 Å². The molecule has 2 aromatic heterocycles. The number of aromatic nitrogens is 3. The Morgan fingerprint density at radius 1 is 1.10 bits per heavy atom. The molecule has 1 aliphatic carbocycles. The highest BCUT2D eigenvalue weighted by molar-refractivity contribution is 7.15. The van der Waals surface area contributed by atoms with Gasteiger partial charge < -0.3 is 9.80 Å². The van der Waals surface area contributed by atoms with Gasteiger partial charge in [-0.05, 0) is 37.5 Å². The molecule has 0 amide bonds. The molecule has 21 heavy (non-hydrogen) atoms. The Hall–Kier alpha value is -1.69. The van der Waals surface area contributed by atoms with E-state index in [1.54, 1.807) is 11.3 Å². The van der Waals surface area contributed by atoms with Crippen molar-refractivity contribution >= 4 is 22.3 Å². The van der Waals surface area contributed by atoms with Crippen LogP contribution >= 0.6 is 11.3 Å². The lowest BCUT2D eigenvalue weighted by atomic mass is 10.2. The van der Waals surface area contributed by atoms with E-state index in [9.17, 15) is 0 Å². The molecule has 2 aliphatic rings. The highest BCUT2D eigenvalue weighted by Gasteiger charge is 2.29. The summed E-state index contributed by atoms with van der Waals surface area (Å²) in [4.78, 5) is 9.19. The number of anilines is 2. The van der Waals surface area contributed by atoms with Crippen molar-refractivity contribution in [3.05, 3.63) is 28.9 Å². The Morgan fingerprint density at radius 2 is 1.86 bits per heavy atom. The molecule has 1 saturated heterocycles. The third kappa shape index (κ3) is 2.72. The standard InChI is InChI=1S/C15H19N5S/c1-11-4-5-16-13(10-11)19-6-8-20(9-7-19)15-18-17-14(21-15)12-2-3-12/h4-5,10,12H,2-3,6-9H2,1H3. The molecule has 1 aliphatic heterocycles. The predicted octanol–water partition coefficient (Wildman–Crippen LogP) is 2.45. The third-order valence-electron chi connectivity index (χ3n) is 4.13. The molecule has 1 saturated carbocycles. The fourth-order valence-corrected chi connectivity index (χ4v) is 3.73. The molecule has 5 nitrogen and oxygen atoms in total. The first kappa shape index (κ1) is 13.0. The summed E-state index contributed by atoms with van der Waals surface area (Å²) in [5.41, 5.74) is 1.26. The van der Waals surface area contributed by atoms with Crippen molar-refractivity contribution in [2.24, 2.45) is 0 Å². The minimum Gasteiger partial charge on any atom is -0.353 e. The minimum atomic E-state index is 0.703. The zero-order valence-corrected chi connectivity index (χ0v) is 13.0. The molecule has 6 heteroatoms. The molecule has 0 bridgehead atoms. The molecule has 0 unspecified atom stereocenters. The van der Waals surface area contributed by atoms with Crippen molar-refractivity contribution < 1.29 is 0 Å². The van der Waals surface area contributed by atoms with E-state index >= 15 is 0 Å². The van der Waals surface area contributed by atoms with E-state index in [1.807, 2.05) is 12.3 Å². The van der Waals surface area contributed by atoms with Gasteiger partial charge in [-0.15, -0.1) is 10.2 Å². The van der Waals surface area contributed by atoms with Gasteiger partial charge in [-0.25, -0.2) is 4.98 Å². The van der Waals surface area contributed by atoms with Crippen LogP contribution in [0.25, 0.3) is 0 Å². The Balaban J connectivity index is 1.41. The SMILES string of the molecule is Cc1ccnc(N2CCN(c3nnc(C4CC4)s3)CC2)c1. The predicted molar refractivity (Wildman–Crippen MR) is 85.3 cm³/mol. The van der Waals surface area contributed by atoms with Crippen LogP contribution in [0.15, 0.2) is 18.3 Å². The first-order valence-electron chi connectivity index (χ1n) is 7.55. The van der Waals surface area contributed by atoms with Crippen LogP contribution in [0.2, 0.25) is 0 Å². The van der Waals surface area contributed by atoms with Crippen LogP contribution in [0.3, 0.4) is 0 Å². The lowest BCUT2D eigenvalue weighted by molar-refractivity contribution is 0.643. The maximum absolute atomic E-state index is 4.48. The number of nitrogens with zero attached hydrogens (tertiary/aromatic N) is 5. The second-order valence-corrected chi connectivity index (χ2v) is 6.85. The zero-order valence-electron chi connectivity index (χ0n) is 12.2. The fraction of sp³-hybridized carbons (Fsp3) is 0.533. The average Bonchev–Trinajstić information content (AvgIpc) is 3.25. The first-order chi connectivity index (χ1) is 10.3. The van der Waals surface area contributed by atoms with Gasteiger partial charge in [-0.1, -0.05) is 11.3 Å². The molecule has 0 spiro atoms. The van der Waals surface area contributed by atoms with Gasteiger partial charge in [0.2, 0.25) is 5.13 Å². The number of pyridine rings is 1. The monoisotopic (exact) mass is 301 g/mol. The maximum Gasteiger partial charge on any atom is 0.208 e. The van der Waals surface area contributed by atoms with Gasteiger partial charge >= 0.3 is 0 Å². The van der Waals surface area contributed by atoms with E-state index in [0.717, 1.165) is 37.1 Å². The molecule has 0 atom stereocenters. The maximum atomic E-state index is 4.48. The van der Waals surface area contributed by atoms with E-state index < -0.39 is 0 Å². The summed E-state index contributed by atoms with van der Waals surface area (Å²) in [6.07, 6.45) is 4.48. The summed E-state index contributed by atoms with van der Waals surface area (Å²) in [5, 5.41) is 11.0. The molecule has 0 N–H and O–H groups in total. The summed E-state index contributed by atoms with van der Waals surface area (Å²) in [5.74, 6) is 1.79. The Bertz CT molecular complexity index is 628. The summed E-state index contributed by atoms with van der Waals surface area (Å²) in [6, 6.07) is 4.20. The highest BCUT2D eigenvalue weighted by atomic mass is 32.1. The quantitative estimate of drug-likeness (QED) is 0.871. The molecule has 0 radical (unpaired) electrons. The van der Waals surface area contributed by atoms with E-state index in [0.29, 0.717) is 5.92 Å². The summed E-state index contributed by atoms with van der Waals surface area (Å²) in [7, 11) is 0. The second kappa shape index (κ2) is 5.26. The largest absolute Gasteiger partial charge is 0.353 e. The highest BCUT2D eigenvalue weighted by Crippen LogP contribution is 2.42. The van der Waals surface area contributed by atoms with Crippen molar-refractivity contribution in [3.8, 4) is 0 Å². The Morgan fingerprint density at radius 3 is 2.57 bits per heavy atom. The minimum absolute atomic E-state index is 0.703. The van der Waals surface area contributed by atoms with E-state index in [2.05, 4.69) is 38.0 Å². The molecule has 110 valence electrons. The first-order valence-corrected chi connectivity index (χ1v) is 8.37. The Kier molecular flexibility index (Phi) is 3.25. The third-order valence-corrected chi connectivity index (χ3v) is 5.28. The summed E-state index contributed by atoms with van der Waals surface area (Å²) >= 11 is 1.78. The van der Waals surface area contributed by atoms with Gasteiger partial charge in [-0.2, -0.15) is 0 Å². The van der Waals surface area contributed by atoms with E-state index in [1.165, 1.54) is 23.4 Å². The number of aryl methyl sites for hydroxylation is 1. The van der Waals surface area contributed by atoms with Gasteiger partial charge in [0.05, 0.1) is 0 Å². The van der Waals surface area contributed by atoms with Gasteiger partial charge in [0.25, 0.3) is 0 Å². The lowest BCUT2D eigenvalue weighted by Gasteiger charge is -2.35. The smallest absolute Gasteiger partial charge is 0.208 e. The van der Waals surface area contributed by atoms with Crippen molar-refractivity contribution in [1.82, 2.24) is 15.2 Å². The Labute approximate surface area is 128 Å². The van der Waals surface area contributed by atoms with Gasteiger partial charge in [-0.3, -0.25) is 0 Å². The number of piperazine rings is 1. The molecular weight excluding hydrogens is 282 g/mol. The van der Waals surface area contributed by atoms with Crippen molar-refractivity contribution in [2.75, 3.05) is 36.0 Å². The average molecular weight is 301 g/mol. The van der Waals surface area contributed by atoms with Crippen LogP contribution in [-0.4, -0.2) is 41.4 Å². The molecular formula is C15H19N5S. The van der Waals surface area contributed by atoms with E-state index in [4.69, 9.17) is 0 Å². The zero-order chi connectivity index (χ0) is 14.2.